The molecule has 0 atom stereocenters. The molecule has 0 aliphatic carbocycles. The van der Waals surface area contributed by atoms with E-state index >= 15 is 0 Å². The molecule has 0 radical (unpaired) electrons. The predicted octanol–water partition coefficient (Wildman–Crippen LogP) is 2.90. The van der Waals surface area contributed by atoms with Crippen LogP contribution >= 0.6 is 34.8 Å². The van der Waals surface area contributed by atoms with Gasteiger partial charge in [0, 0.05) is 13.0 Å². The van der Waals surface area contributed by atoms with Gasteiger partial charge >= 0.3 is 0 Å². The second-order valence-corrected chi connectivity index (χ2v) is 3.54. The summed E-state index contributed by atoms with van der Waals surface area (Å²) in [6.07, 6.45) is -0.167. The molecule has 0 unspecified atom stereocenters. The van der Waals surface area contributed by atoms with Crippen LogP contribution in [0.2, 0.25) is 0 Å². The highest BCUT2D eigenvalue weighted by atomic mass is 35.6. The Morgan fingerprint density at radius 1 is 1.27 bits per heavy atom. The second kappa shape index (κ2) is 16.7. The summed E-state index contributed by atoms with van der Waals surface area (Å²) >= 11 is 14.4. The smallest absolute Gasteiger partial charge is 0.180 e. The Balaban J connectivity index is -0.0000000886. The molecular formula is C6H12Cl3NO. The summed E-state index contributed by atoms with van der Waals surface area (Å²) in [4.78, 5) is 0. The van der Waals surface area contributed by atoms with E-state index in [1.54, 1.807) is 19.9 Å². The van der Waals surface area contributed by atoms with Crippen molar-refractivity contribution in [3.8, 4) is 6.07 Å². The zero-order valence-electron chi connectivity index (χ0n) is 6.68. The van der Waals surface area contributed by atoms with Gasteiger partial charge in [-0.05, 0) is 13.8 Å². The molecule has 11 heavy (non-hydrogen) atoms. The summed E-state index contributed by atoms with van der Waals surface area (Å²) in [5, 5.41) is 15.4. The zero-order chi connectivity index (χ0) is 9.86. The third-order valence-electron chi connectivity index (χ3n) is 0. The molecule has 0 saturated heterocycles. The SMILES string of the molecule is CC#N.CC(C)O.ClC(Cl)Cl. The van der Waals surface area contributed by atoms with Crippen molar-refractivity contribution in [2.75, 3.05) is 0 Å². The fourth-order valence-corrected chi connectivity index (χ4v) is 0. The van der Waals surface area contributed by atoms with Crippen LogP contribution in [0.5, 0.6) is 0 Å². The van der Waals surface area contributed by atoms with Gasteiger partial charge in [0.2, 0.25) is 0 Å². The number of halogens is 3. The topological polar surface area (TPSA) is 44.0 Å². The largest absolute Gasteiger partial charge is 0.394 e. The average molecular weight is 221 g/mol. The molecule has 0 rings (SSSR count). The van der Waals surface area contributed by atoms with Crippen molar-refractivity contribution in [1.82, 2.24) is 0 Å². The summed E-state index contributed by atoms with van der Waals surface area (Å²) in [6.45, 7) is 4.88. The van der Waals surface area contributed by atoms with Gasteiger partial charge in [0.25, 0.3) is 0 Å². The zero-order valence-corrected chi connectivity index (χ0v) is 8.95. The Labute approximate surface area is 82.7 Å². The number of hydrogen-bond donors (Lipinski definition) is 1. The Morgan fingerprint density at radius 2 is 1.27 bits per heavy atom. The summed E-state index contributed by atoms with van der Waals surface area (Å²) in [7, 11) is 0. The lowest BCUT2D eigenvalue weighted by molar-refractivity contribution is 0.216. The molecule has 0 saturated carbocycles. The van der Waals surface area contributed by atoms with Crippen LogP contribution < -0.4 is 0 Å². The molecule has 0 aliphatic heterocycles. The van der Waals surface area contributed by atoms with E-state index in [4.69, 9.17) is 45.2 Å². The van der Waals surface area contributed by atoms with Crippen LogP contribution in [0.3, 0.4) is 0 Å². The van der Waals surface area contributed by atoms with Gasteiger partial charge in [-0.15, -0.1) is 0 Å². The van der Waals surface area contributed by atoms with E-state index in [-0.39, 0.29) is 6.10 Å². The van der Waals surface area contributed by atoms with Gasteiger partial charge in [-0.3, -0.25) is 0 Å². The quantitative estimate of drug-likeness (QED) is 0.638. The first-order chi connectivity index (χ1) is 4.88. The van der Waals surface area contributed by atoms with E-state index < -0.39 is 4.30 Å². The number of nitriles is 1. The number of hydrogen-bond acceptors (Lipinski definition) is 2. The molecular weight excluding hydrogens is 208 g/mol. The Kier molecular flexibility index (Phi) is 26.5. The van der Waals surface area contributed by atoms with Crippen LogP contribution in [0.1, 0.15) is 20.8 Å². The molecule has 0 aromatic carbocycles. The van der Waals surface area contributed by atoms with E-state index in [1.807, 2.05) is 0 Å². The van der Waals surface area contributed by atoms with Crippen molar-refractivity contribution < 1.29 is 5.11 Å². The minimum absolute atomic E-state index is 0.167. The maximum Gasteiger partial charge on any atom is 0.180 e. The molecule has 0 aromatic rings. The van der Waals surface area contributed by atoms with E-state index in [0.29, 0.717) is 0 Å². The molecule has 5 heteroatoms. The molecule has 0 spiro atoms. The van der Waals surface area contributed by atoms with Crippen molar-refractivity contribution in [3.63, 3.8) is 0 Å². The highest BCUT2D eigenvalue weighted by Gasteiger charge is 1.78. The number of aliphatic hydroxyl groups is 1. The lowest BCUT2D eigenvalue weighted by Gasteiger charge is -1.80. The van der Waals surface area contributed by atoms with E-state index in [9.17, 15) is 0 Å². The first kappa shape index (κ1) is 17.4. The van der Waals surface area contributed by atoms with Crippen molar-refractivity contribution in [2.24, 2.45) is 0 Å². The Morgan fingerprint density at radius 3 is 1.27 bits per heavy atom. The highest BCUT2D eigenvalue weighted by molar-refractivity contribution is 6.63. The van der Waals surface area contributed by atoms with Gasteiger partial charge < -0.3 is 5.11 Å². The van der Waals surface area contributed by atoms with E-state index in [1.165, 1.54) is 6.92 Å². The van der Waals surface area contributed by atoms with Gasteiger partial charge in [0.1, 0.15) is 0 Å². The van der Waals surface area contributed by atoms with E-state index in [2.05, 4.69) is 0 Å². The molecule has 2 nitrogen and oxygen atoms in total. The standard InChI is InChI=1S/C3H8O.C2H3N.CHCl3/c1-3(2)4;1-2-3;2-1(3)4/h3-4H,1-2H3;1H3;1H. The minimum atomic E-state index is -0.750. The lowest BCUT2D eigenvalue weighted by atomic mass is 10.5. The summed E-state index contributed by atoms with van der Waals surface area (Å²) in [5.41, 5.74) is 0. The van der Waals surface area contributed by atoms with Crippen LogP contribution in [0.15, 0.2) is 0 Å². The van der Waals surface area contributed by atoms with Gasteiger partial charge in [0.15, 0.2) is 4.30 Å². The van der Waals surface area contributed by atoms with Crippen molar-refractivity contribution in [1.29, 1.82) is 5.26 Å². The van der Waals surface area contributed by atoms with Crippen LogP contribution in [0.25, 0.3) is 0 Å². The van der Waals surface area contributed by atoms with Gasteiger partial charge in [-0.1, -0.05) is 34.8 Å². The summed E-state index contributed by atoms with van der Waals surface area (Å²) in [6, 6.07) is 1.75. The highest BCUT2D eigenvalue weighted by Crippen LogP contribution is 2.03. The molecule has 0 bridgehead atoms. The first-order valence-corrected chi connectivity index (χ1v) is 4.10. The summed E-state index contributed by atoms with van der Waals surface area (Å²) in [5.74, 6) is 0. The Hall–Kier alpha value is 0.320. The average Bonchev–Trinajstić information content (AvgIpc) is 1.60. The van der Waals surface area contributed by atoms with Crippen molar-refractivity contribution in [2.45, 2.75) is 31.2 Å². The van der Waals surface area contributed by atoms with E-state index in [0.717, 1.165) is 0 Å². The number of nitrogens with zero attached hydrogens (tertiary/aromatic N) is 1. The van der Waals surface area contributed by atoms with Crippen LogP contribution in [-0.2, 0) is 0 Å². The first-order valence-electron chi connectivity index (χ1n) is 2.79. The number of rotatable bonds is 0. The third-order valence-corrected chi connectivity index (χ3v) is 0. The van der Waals surface area contributed by atoms with Crippen LogP contribution in [-0.4, -0.2) is 15.5 Å². The predicted molar refractivity (Wildman–Crippen MR) is 50.0 cm³/mol. The molecule has 1 N–H and O–H groups in total. The Bertz CT molecular complexity index is 78.8. The normalized spacial score (nSPS) is 7.27. The van der Waals surface area contributed by atoms with Crippen molar-refractivity contribution >= 4 is 34.8 Å². The maximum atomic E-state index is 8.06. The van der Waals surface area contributed by atoms with Gasteiger partial charge in [-0.2, -0.15) is 5.26 Å². The molecule has 0 aliphatic rings. The fourth-order valence-electron chi connectivity index (χ4n) is 0. The van der Waals surface area contributed by atoms with Crippen LogP contribution in [0.4, 0.5) is 0 Å². The minimum Gasteiger partial charge on any atom is -0.394 e. The fraction of sp³-hybridized carbons (Fsp3) is 0.833. The third kappa shape index (κ3) is 6980. The van der Waals surface area contributed by atoms with Gasteiger partial charge in [-0.25, -0.2) is 0 Å². The number of aliphatic hydroxyl groups excluding tert-OH is 1. The summed E-state index contributed by atoms with van der Waals surface area (Å²) < 4.78 is -0.750. The molecule has 0 amide bonds. The lowest BCUT2D eigenvalue weighted by Crippen LogP contribution is -1.85. The monoisotopic (exact) mass is 219 g/mol. The maximum absolute atomic E-state index is 8.06. The van der Waals surface area contributed by atoms with Gasteiger partial charge in [0.05, 0.1) is 6.07 Å². The van der Waals surface area contributed by atoms with Crippen LogP contribution in [0, 0.1) is 11.3 Å². The molecule has 0 heterocycles. The van der Waals surface area contributed by atoms with Crippen molar-refractivity contribution in [3.05, 3.63) is 0 Å². The second-order valence-electron chi connectivity index (χ2n) is 1.56. The number of alkyl halides is 3. The molecule has 0 fully saturated rings. The molecule has 0 aromatic heterocycles. The molecule has 68 valence electrons.